The molecular weight excluding hydrogens is 466 g/mol. The SMILES string of the molecule is C[C@@]1(Cc2ccc(C#N)cc2)C(=O)N(c2cc(Cl)c(F)c(Cl)c2)c2ncc(C(=O)Cl)n21. The molecule has 6 nitrogen and oxygen atoms in total. The first-order chi connectivity index (χ1) is 14.7. The Balaban J connectivity index is 1.87. The number of hydrogen-bond donors (Lipinski definition) is 0. The zero-order chi connectivity index (χ0) is 22.5. The van der Waals surface area contributed by atoms with Crippen LogP contribution in [0.3, 0.4) is 0 Å². The van der Waals surface area contributed by atoms with Gasteiger partial charge >= 0.3 is 0 Å². The Labute approximate surface area is 191 Å². The molecule has 1 aliphatic rings. The molecule has 0 aliphatic carbocycles. The molecule has 10 heteroatoms. The van der Waals surface area contributed by atoms with Crippen molar-refractivity contribution in [2.75, 3.05) is 4.90 Å². The number of halogens is 4. The van der Waals surface area contributed by atoms with E-state index in [2.05, 4.69) is 4.98 Å². The van der Waals surface area contributed by atoms with Gasteiger partial charge in [-0.3, -0.25) is 14.2 Å². The van der Waals surface area contributed by atoms with Gasteiger partial charge in [-0.05, 0) is 48.4 Å². The summed E-state index contributed by atoms with van der Waals surface area (Å²) in [7, 11) is 0. The van der Waals surface area contributed by atoms with Crippen molar-refractivity contribution in [3.05, 3.63) is 75.3 Å². The van der Waals surface area contributed by atoms with Gasteiger partial charge in [0.05, 0.1) is 33.6 Å². The van der Waals surface area contributed by atoms with Gasteiger partial charge in [0.15, 0.2) is 5.82 Å². The molecule has 1 amide bonds. The Kier molecular flexibility index (Phi) is 5.26. The van der Waals surface area contributed by atoms with Crippen LogP contribution in [-0.4, -0.2) is 20.7 Å². The number of fused-ring (bicyclic) bond motifs is 1. The van der Waals surface area contributed by atoms with Gasteiger partial charge in [0.2, 0.25) is 5.95 Å². The second kappa shape index (κ2) is 7.65. The molecule has 156 valence electrons. The maximum Gasteiger partial charge on any atom is 0.270 e. The van der Waals surface area contributed by atoms with Crippen LogP contribution in [0.5, 0.6) is 0 Å². The molecule has 1 atom stereocenters. The molecule has 2 aromatic carbocycles. The highest BCUT2D eigenvalue weighted by Crippen LogP contribution is 2.44. The molecule has 0 fully saturated rings. The second-order valence-electron chi connectivity index (χ2n) is 7.18. The Bertz CT molecular complexity index is 1260. The molecule has 0 bridgehead atoms. The van der Waals surface area contributed by atoms with E-state index in [1.807, 2.05) is 6.07 Å². The van der Waals surface area contributed by atoms with E-state index in [0.717, 1.165) is 5.56 Å². The number of hydrogen-bond acceptors (Lipinski definition) is 4. The van der Waals surface area contributed by atoms with E-state index in [4.69, 9.17) is 40.1 Å². The lowest BCUT2D eigenvalue weighted by molar-refractivity contribution is -0.123. The minimum Gasteiger partial charge on any atom is -0.290 e. The van der Waals surface area contributed by atoms with Crippen LogP contribution >= 0.6 is 34.8 Å². The summed E-state index contributed by atoms with van der Waals surface area (Å²) in [4.78, 5) is 31.1. The summed E-state index contributed by atoms with van der Waals surface area (Å²) in [5.74, 6) is -1.11. The molecular formula is C21H12Cl3FN4O2. The predicted molar refractivity (Wildman–Crippen MR) is 114 cm³/mol. The summed E-state index contributed by atoms with van der Waals surface area (Å²) in [5.41, 5.74) is 0.171. The quantitative estimate of drug-likeness (QED) is 0.381. The number of benzene rings is 2. The van der Waals surface area contributed by atoms with Crippen LogP contribution in [0.4, 0.5) is 16.0 Å². The van der Waals surface area contributed by atoms with Crippen LogP contribution in [0.15, 0.2) is 42.6 Å². The molecule has 31 heavy (non-hydrogen) atoms. The van der Waals surface area contributed by atoms with Crippen molar-refractivity contribution in [2.24, 2.45) is 0 Å². The molecule has 3 aromatic rings. The van der Waals surface area contributed by atoms with Crippen molar-refractivity contribution in [1.82, 2.24) is 9.55 Å². The van der Waals surface area contributed by atoms with Gasteiger partial charge in [-0.2, -0.15) is 5.26 Å². The average molecular weight is 478 g/mol. The van der Waals surface area contributed by atoms with Crippen molar-refractivity contribution in [1.29, 1.82) is 5.26 Å². The number of carbonyl (C=O) groups is 2. The molecule has 4 rings (SSSR count). The van der Waals surface area contributed by atoms with E-state index in [1.165, 1.54) is 27.8 Å². The van der Waals surface area contributed by atoms with Crippen molar-refractivity contribution in [3.8, 4) is 6.07 Å². The van der Waals surface area contributed by atoms with Crippen LogP contribution < -0.4 is 4.90 Å². The smallest absolute Gasteiger partial charge is 0.270 e. The van der Waals surface area contributed by atoms with Gasteiger partial charge in [0, 0.05) is 6.42 Å². The van der Waals surface area contributed by atoms with Crippen molar-refractivity contribution < 1.29 is 14.0 Å². The summed E-state index contributed by atoms with van der Waals surface area (Å²) in [6.45, 7) is 1.65. The molecule has 1 aromatic heterocycles. The fraction of sp³-hybridized carbons (Fsp3) is 0.143. The summed E-state index contributed by atoms with van der Waals surface area (Å²) < 4.78 is 15.4. The monoisotopic (exact) mass is 476 g/mol. The normalized spacial score (nSPS) is 17.5. The van der Waals surface area contributed by atoms with E-state index in [-0.39, 0.29) is 33.8 Å². The number of aromatic nitrogens is 2. The van der Waals surface area contributed by atoms with Gasteiger partial charge in [-0.15, -0.1) is 0 Å². The molecule has 0 spiro atoms. The molecule has 0 N–H and O–H groups in total. The lowest BCUT2D eigenvalue weighted by Crippen LogP contribution is -2.41. The van der Waals surface area contributed by atoms with E-state index >= 15 is 0 Å². The number of imidazole rings is 1. The number of nitrogens with zero attached hydrogens (tertiary/aromatic N) is 4. The number of amides is 1. The lowest BCUT2D eigenvalue weighted by atomic mass is 9.91. The Morgan fingerprint density at radius 3 is 2.39 bits per heavy atom. The van der Waals surface area contributed by atoms with Crippen molar-refractivity contribution in [3.63, 3.8) is 0 Å². The average Bonchev–Trinajstić information content (AvgIpc) is 3.25. The summed E-state index contributed by atoms with van der Waals surface area (Å²) in [6.07, 6.45) is 1.45. The van der Waals surface area contributed by atoms with Crippen LogP contribution in [-0.2, 0) is 16.8 Å². The maximum absolute atomic E-state index is 13.9. The van der Waals surface area contributed by atoms with Crippen LogP contribution in [0.25, 0.3) is 0 Å². The molecule has 0 saturated carbocycles. The van der Waals surface area contributed by atoms with Crippen LogP contribution in [0.1, 0.15) is 28.5 Å². The van der Waals surface area contributed by atoms with Crippen molar-refractivity contribution >= 4 is 57.6 Å². The first kappa shape index (κ1) is 21.3. The maximum atomic E-state index is 13.9. The Hall–Kier alpha value is -2.92. The minimum absolute atomic E-state index is 0.0305. The summed E-state index contributed by atoms with van der Waals surface area (Å²) in [6, 6.07) is 11.3. The topological polar surface area (TPSA) is 79.0 Å². The highest BCUT2D eigenvalue weighted by Gasteiger charge is 2.51. The Morgan fingerprint density at radius 1 is 1.23 bits per heavy atom. The standard InChI is InChI=1S/C21H12Cl3FN4O2/c1-21(8-11-2-4-12(9-26)5-3-11)19(31)28(13-6-14(22)17(25)15(23)7-13)20-27-10-16(18(24)30)29(20)21/h2-7,10H,8H2,1H3/t21-/m1/s1. The number of anilines is 2. The van der Waals surface area contributed by atoms with E-state index < -0.39 is 22.5 Å². The minimum atomic E-state index is -1.28. The van der Waals surface area contributed by atoms with E-state index in [9.17, 15) is 14.0 Å². The first-order valence-electron chi connectivity index (χ1n) is 8.93. The first-order valence-corrected chi connectivity index (χ1v) is 10.1. The number of rotatable bonds is 4. The third-order valence-electron chi connectivity index (χ3n) is 5.16. The molecule has 0 radical (unpaired) electrons. The second-order valence-corrected chi connectivity index (χ2v) is 8.33. The summed E-state index contributed by atoms with van der Waals surface area (Å²) >= 11 is 17.6. The van der Waals surface area contributed by atoms with Gasteiger partial charge in [-0.25, -0.2) is 14.3 Å². The molecule has 0 saturated heterocycles. The van der Waals surface area contributed by atoms with Gasteiger partial charge < -0.3 is 0 Å². The molecule has 2 heterocycles. The fourth-order valence-corrected chi connectivity index (χ4v) is 4.31. The van der Waals surface area contributed by atoms with Crippen molar-refractivity contribution in [2.45, 2.75) is 18.9 Å². The largest absolute Gasteiger partial charge is 0.290 e. The molecule has 0 unspecified atom stereocenters. The van der Waals surface area contributed by atoms with Crippen LogP contribution in [0.2, 0.25) is 10.0 Å². The van der Waals surface area contributed by atoms with Gasteiger partial charge in [-0.1, -0.05) is 35.3 Å². The highest BCUT2D eigenvalue weighted by atomic mass is 35.5. The molecule has 1 aliphatic heterocycles. The number of nitriles is 1. The van der Waals surface area contributed by atoms with Crippen LogP contribution in [0, 0.1) is 17.1 Å². The zero-order valence-electron chi connectivity index (χ0n) is 15.9. The van der Waals surface area contributed by atoms with E-state index in [0.29, 0.717) is 5.56 Å². The van der Waals surface area contributed by atoms with Gasteiger partial charge in [0.1, 0.15) is 11.2 Å². The highest BCUT2D eigenvalue weighted by molar-refractivity contribution is 6.67. The van der Waals surface area contributed by atoms with E-state index in [1.54, 1.807) is 31.2 Å². The summed E-state index contributed by atoms with van der Waals surface area (Å²) in [5, 5.41) is 7.70. The van der Waals surface area contributed by atoms with Gasteiger partial charge in [0.25, 0.3) is 11.1 Å². The number of carbonyl (C=O) groups excluding carboxylic acids is 2. The predicted octanol–water partition coefficient (Wildman–Crippen LogP) is 5.22. The third-order valence-corrected chi connectivity index (χ3v) is 5.90. The lowest BCUT2D eigenvalue weighted by Gasteiger charge is -2.26. The third kappa shape index (κ3) is 3.37. The Morgan fingerprint density at radius 2 is 1.84 bits per heavy atom. The fourth-order valence-electron chi connectivity index (χ4n) is 3.71. The zero-order valence-corrected chi connectivity index (χ0v) is 18.1.